The van der Waals surface area contributed by atoms with E-state index in [4.69, 9.17) is 0 Å². The van der Waals surface area contributed by atoms with Gasteiger partial charge in [-0.2, -0.15) is 5.01 Å². The number of carbonyl (C=O) groups is 2. The zero-order valence-electron chi connectivity index (χ0n) is 12.5. The summed E-state index contributed by atoms with van der Waals surface area (Å²) >= 11 is 0. The van der Waals surface area contributed by atoms with Crippen molar-refractivity contribution in [1.29, 1.82) is 0 Å². The Labute approximate surface area is 129 Å². The van der Waals surface area contributed by atoms with E-state index in [2.05, 4.69) is 10.1 Å². The average Bonchev–Trinajstić information content (AvgIpc) is 2.70. The number of amides is 3. The fourth-order valence-electron chi connectivity index (χ4n) is 2.21. The third-order valence-electron chi connectivity index (χ3n) is 3.54. The van der Waals surface area contributed by atoms with Gasteiger partial charge in [0.15, 0.2) is 0 Å². The van der Waals surface area contributed by atoms with E-state index in [0.29, 0.717) is 23.4 Å². The summed E-state index contributed by atoms with van der Waals surface area (Å²) in [5.41, 5.74) is -0.699. The monoisotopic (exact) mass is 325 g/mol. The van der Waals surface area contributed by atoms with Crippen LogP contribution in [0.3, 0.4) is 0 Å². The summed E-state index contributed by atoms with van der Waals surface area (Å²) in [6.07, 6.45) is 1.15. The number of imide groups is 1. The Kier molecular flexibility index (Phi) is 4.52. The lowest BCUT2D eigenvalue weighted by atomic mass is 9.92. The van der Waals surface area contributed by atoms with Gasteiger partial charge in [0.25, 0.3) is 5.91 Å². The van der Waals surface area contributed by atoms with Gasteiger partial charge in [-0.15, -0.1) is 4.83 Å². The highest BCUT2D eigenvalue weighted by Gasteiger charge is 2.50. The molecule has 0 radical (unpaired) electrons. The molecule has 1 aromatic carbocycles. The van der Waals surface area contributed by atoms with Crippen LogP contribution in [-0.4, -0.2) is 31.1 Å². The van der Waals surface area contributed by atoms with Crippen LogP contribution in [0.5, 0.6) is 0 Å². The molecule has 7 nitrogen and oxygen atoms in total. The van der Waals surface area contributed by atoms with Crippen LogP contribution < -0.4 is 10.1 Å². The Morgan fingerprint density at radius 1 is 1.23 bits per heavy atom. The number of benzene rings is 1. The van der Waals surface area contributed by atoms with E-state index in [1.54, 1.807) is 37.3 Å². The third kappa shape index (κ3) is 3.12. The summed E-state index contributed by atoms with van der Waals surface area (Å²) < 4.78 is 23.8. The third-order valence-corrected chi connectivity index (χ3v) is 4.83. The molecule has 0 aliphatic carbocycles. The highest BCUT2D eigenvalue weighted by molar-refractivity contribution is 7.89. The minimum atomic E-state index is -3.73. The topological polar surface area (TPSA) is 95.6 Å². The fraction of sp³-hybridized carbons (Fsp3) is 0.429. The Bertz CT molecular complexity index is 675. The first-order valence-electron chi connectivity index (χ1n) is 7.02. The largest absolute Gasteiger partial charge is 0.341 e. The first-order valence-corrected chi connectivity index (χ1v) is 8.68. The quantitative estimate of drug-likeness (QED) is 0.765. The summed E-state index contributed by atoms with van der Waals surface area (Å²) in [4.78, 5) is 26.6. The lowest BCUT2D eigenvalue weighted by Crippen LogP contribution is -2.48. The normalized spacial score (nSPS) is 22.0. The Morgan fingerprint density at radius 2 is 1.86 bits per heavy atom. The number of nitrogens with one attached hydrogen (secondary N) is 2. The molecule has 1 unspecified atom stereocenters. The van der Waals surface area contributed by atoms with Gasteiger partial charge in [-0.25, -0.2) is 13.2 Å². The second-order valence-corrected chi connectivity index (χ2v) is 7.15. The van der Waals surface area contributed by atoms with Crippen LogP contribution in [0.25, 0.3) is 0 Å². The van der Waals surface area contributed by atoms with Crippen LogP contribution in [0.1, 0.15) is 32.3 Å². The maximum atomic E-state index is 12.5. The van der Waals surface area contributed by atoms with Gasteiger partial charge in [-0.3, -0.25) is 4.79 Å². The molecule has 22 heavy (non-hydrogen) atoms. The van der Waals surface area contributed by atoms with Gasteiger partial charge in [0.05, 0.1) is 5.75 Å². The molecule has 1 saturated heterocycles. The van der Waals surface area contributed by atoms with Gasteiger partial charge in [0.1, 0.15) is 5.54 Å². The van der Waals surface area contributed by atoms with Gasteiger partial charge < -0.3 is 5.32 Å². The lowest BCUT2D eigenvalue weighted by molar-refractivity contribution is -0.132. The highest BCUT2D eigenvalue weighted by atomic mass is 32.2. The molecule has 0 saturated carbocycles. The van der Waals surface area contributed by atoms with E-state index in [9.17, 15) is 18.0 Å². The smallest absolute Gasteiger partial charge is 0.318 e. The molecule has 8 heteroatoms. The fourth-order valence-corrected chi connectivity index (χ4v) is 3.41. The molecule has 1 fully saturated rings. The number of hydrogen-bond donors (Lipinski definition) is 2. The summed E-state index contributed by atoms with van der Waals surface area (Å²) in [5.74, 6) is -0.786. The van der Waals surface area contributed by atoms with E-state index in [0.717, 1.165) is 0 Å². The molecule has 2 N–H and O–H groups in total. The van der Waals surface area contributed by atoms with Gasteiger partial charge in [-0.05, 0) is 18.9 Å². The van der Waals surface area contributed by atoms with Crippen molar-refractivity contribution in [1.82, 2.24) is 15.2 Å². The number of carbonyl (C=O) groups excluding carboxylic acids is 2. The molecule has 1 aliphatic rings. The molecular formula is C14H19N3O4S. The molecule has 1 aromatic rings. The molecular weight excluding hydrogens is 306 g/mol. The Balaban J connectivity index is 2.23. The van der Waals surface area contributed by atoms with Crippen LogP contribution in [0, 0.1) is 0 Å². The van der Waals surface area contributed by atoms with Crippen LogP contribution in [0.4, 0.5) is 4.79 Å². The maximum absolute atomic E-state index is 12.5. The zero-order chi connectivity index (χ0) is 16.4. The lowest BCUT2D eigenvalue weighted by Gasteiger charge is -2.22. The Hall–Kier alpha value is -1.93. The van der Waals surface area contributed by atoms with E-state index in [1.165, 1.54) is 0 Å². The summed E-state index contributed by atoms with van der Waals surface area (Å²) in [6.45, 7) is 3.40. The highest BCUT2D eigenvalue weighted by Crippen LogP contribution is 2.27. The van der Waals surface area contributed by atoms with Crippen molar-refractivity contribution < 1.29 is 18.0 Å². The minimum Gasteiger partial charge on any atom is -0.318 e. The molecule has 0 aromatic heterocycles. The summed E-state index contributed by atoms with van der Waals surface area (Å²) in [7, 11) is -3.73. The molecule has 0 bridgehead atoms. The van der Waals surface area contributed by atoms with Gasteiger partial charge in [-0.1, -0.05) is 43.7 Å². The Morgan fingerprint density at radius 3 is 2.45 bits per heavy atom. The SMILES string of the molecule is CCCCS(=O)(=O)NN1C(=O)NC(C)(c2ccccc2)C1=O. The van der Waals surface area contributed by atoms with Gasteiger partial charge in [0.2, 0.25) is 10.0 Å². The zero-order valence-corrected chi connectivity index (χ0v) is 13.3. The van der Waals surface area contributed by atoms with Crippen molar-refractivity contribution >= 4 is 22.0 Å². The predicted octanol–water partition coefficient (Wildman–Crippen LogP) is 1.09. The van der Waals surface area contributed by atoms with Crippen molar-refractivity contribution in [2.75, 3.05) is 5.75 Å². The van der Waals surface area contributed by atoms with Gasteiger partial charge in [0, 0.05) is 0 Å². The van der Waals surface area contributed by atoms with E-state index in [-0.39, 0.29) is 5.75 Å². The van der Waals surface area contributed by atoms with Crippen LogP contribution >= 0.6 is 0 Å². The van der Waals surface area contributed by atoms with Crippen molar-refractivity contribution in [3.63, 3.8) is 0 Å². The number of hydrazine groups is 1. The van der Waals surface area contributed by atoms with Gasteiger partial charge >= 0.3 is 6.03 Å². The van der Waals surface area contributed by atoms with E-state index >= 15 is 0 Å². The van der Waals surface area contributed by atoms with Crippen LogP contribution in [-0.2, 0) is 20.4 Å². The number of nitrogens with zero attached hydrogens (tertiary/aromatic N) is 1. The van der Waals surface area contributed by atoms with E-state index in [1.807, 2.05) is 6.92 Å². The van der Waals surface area contributed by atoms with Crippen molar-refractivity contribution in [2.45, 2.75) is 32.2 Å². The van der Waals surface area contributed by atoms with Crippen molar-refractivity contribution in [3.05, 3.63) is 35.9 Å². The number of hydrogen-bond acceptors (Lipinski definition) is 4. The minimum absolute atomic E-state index is 0.136. The maximum Gasteiger partial charge on any atom is 0.341 e. The number of rotatable bonds is 6. The number of sulfonamides is 1. The summed E-state index contributed by atoms with van der Waals surface area (Å²) in [5, 5.41) is 3.08. The number of unbranched alkanes of at least 4 members (excludes halogenated alkanes) is 1. The molecule has 120 valence electrons. The second kappa shape index (κ2) is 6.05. The number of urea groups is 1. The predicted molar refractivity (Wildman–Crippen MR) is 81.0 cm³/mol. The molecule has 1 heterocycles. The first-order chi connectivity index (χ1) is 10.3. The molecule has 0 spiro atoms. The second-order valence-electron chi connectivity index (χ2n) is 5.33. The van der Waals surface area contributed by atoms with Crippen molar-refractivity contribution in [2.24, 2.45) is 0 Å². The standard InChI is InChI=1S/C14H19N3O4S/c1-3-4-10-22(20,21)16-17-12(18)14(2,15-13(17)19)11-8-6-5-7-9-11/h5-9,16H,3-4,10H2,1-2H3,(H,15,19). The van der Waals surface area contributed by atoms with Crippen LogP contribution in [0.2, 0.25) is 0 Å². The first kappa shape index (κ1) is 16.4. The summed E-state index contributed by atoms with van der Waals surface area (Å²) in [6, 6.07) is 7.90. The van der Waals surface area contributed by atoms with Crippen LogP contribution in [0.15, 0.2) is 30.3 Å². The molecule has 3 amide bonds. The molecule has 1 atom stereocenters. The van der Waals surface area contributed by atoms with Crippen molar-refractivity contribution in [3.8, 4) is 0 Å². The molecule has 1 aliphatic heterocycles. The van der Waals surface area contributed by atoms with E-state index < -0.39 is 27.5 Å². The average molecular weight is 325 g/mol. The molecule has 2 rings (SSSR count).